The van der Waals surface area contributed by atoms with Crippen LogP contribution in [-0.4, -0.2) is 33.3 Å². The van der Waals surface area contributed by atoms with Gasteiger partial charge >= 0.3 is 0 Å². The lowest BCUT2D eigenvalue weighted by Crippen LogP contribution is -2.29. The Morgan fingerprint density at radius 3 is 2.53 bits per heavy atom. The van der Waals surface area contributed by atoms with Gasteiger partial charge in [-0.2, -0.15) is 0 Å². The van der Waals surface area contributed by atoms with E-state index in [-0.39, 0.29) is 22.9 Å². The van der Waals surface area contributed by atoms with Crippen molar-refractivity contribution in [2.45, 2.75) is 33.4 Å². The third-order valence-electron chi connectivity index (χ3n) is 5.90. The van der Waals surface area contributed by atoms with Crippen molar-refractivity contribution in [2.24, 2.45) is 5.92 Å². The van der Waals surface area contributed by atoms with E-state index in [9.17, 15) is 14.7 Å². The number of benzene rings is 2. The predicted molar refractivity (Wildman–Crippen MR) is 140 cm³/mol. The number of aliphatic hydroxyl groups is 1. The highest BCUT2D eigenvalue weighted by molar-refractivity contribution is 6.46. The zero-order valence-corrected chi connectivity index (χ0v) is 21.7. The zero-order valence-electron chi connectivity index (χ0n) is 20.2. The molecular formula is C28H26Cl2N2O4. The van der Waals surface area contributed by atoms with Crippen molar-refractivity contribution in [3.8, 4) is 5.75 Å². The van der Waals surface area contributed by atoms with Gasteiger partial charge in [0.15, 0.2) is 0 Å². The monoisotopic (exact) mass is 524 g/mol. The Balaban J connectivity index is 1.81. The van der Waals surface area contributed by atoms with Crippen LogP contribution >= 0.6 is 23.2 Å². The zero-order chi connectivity index (χ0) is 26.0. The largest absolute Gasteiger partial charge is 0.507 e. The van der Waals surface area contributed by atoms with Crippen LogP contribution in [0.4, 0.5) is 0 Å². The molecule has 1 aromatic heterocycles. The lowest BCUT2D eigenvalue weighted by atomic mass is 9.94. The third kappa shape index (κ3) is 5.25. The molecule has 1 N–H and O–H groups in total. The minimum absolute atomic E-state index is 0.0162. The van der Waals surface area contributed by atoms with Gasteiger partial charge in [-0.05, 0) is 65.9 Å². The average Bonchev–Trinajstić information content (AvgIpc) is 3.10. The maximum Gasteiger partial charge on any atom is 0.295 e. The number of ketones is 1. The van der Waals surface area contributed by atoms with Crippen LogP contribution in [0.2, 0.25) is 10.0 Å². The summed E-state index contributed by atoms with van der Waals surface area (Å²) in [5.41, 5.74) is 2.50. The van der Waals surface area contributed by atoms with Gasteiger partial charge in [0.1, 0.15) is 11.5 Å². The van der Waals surface area contributed by atoms with Crippen LogP contribution in [0.1, 0.15) is 42.1 Å². The highest BCUT2D eigenvalue weighted by Crippen LogP contribution is 2.42. The molecular weight excluding hydrogens is 499 g/mol. The van der Waals surface area contributed by atoms with E-state index in [4.69, 9.17) is 27.9 Å². The molecule has 36 heavy (non-hydrogen) atoms. The Labute approximate surface area is 220 Å². The summed E-state index contributed by atoms with van der Waals surface area (Å²) < 4.78 is 5.83. The molecule has 2 aromatic carbocycles. The Hall–Kier alpha value is -3.35. The second-order valence-corrected chi connectivity index (χ2v) is 9.96. The quantitative estimate of drug-likeness (QED) is 0.221. The van der Waals surface area contributed by atoms with E-state index in [1.807, 2.05) is 13.0 Å². The molecule has 8 heteroatoms. The summed E-state index contributed by atoms with van der Waals surface area (Å²) in [6.45, 7) is 6.67. The number of hydrogen-bond acceptors (Lipinski definition) is 5. The number of carbonyl (C=O) groups excluding carboxylic acids is 2. The van der Waals surface area contributed by atoms with Gasteiger partial charge in [-0.3, -0.25) is 14.6 Å². The maximum absolute atomic E-state index is 13.3. The summed E-state index contributed by atoms with van der Waals surface area (Å²) in [7, 11) is 0. The van der Waals surface area contributed by atoms with Crippen LogP contribution in [0, 0.1) is 12.8 Å². The van der Waals surface area contributed by atoms with Gasteiger partial charge in [-0.25, -0.2) is 0 Å². The van der Waals surface area contributed by atoms with E-state index in [2.05, 4.69) is 18.8 Å². The summed E-state index contributed by atoms with van der Waals surface area (Å²) in [5.74, 6) is -0.704. The van der Waals surface area contributed by atoms with Crippen molar-refractivity contribution in [1.82, 2.24) is 9.88 Å². The second kappa shape index (κ2) is 10.7. The molecule has 186 valence electrons. The second-order valence-electron chi connectivity index (χ2n) is 9.15. The normalized spacial score (nSPS) is 17.2. The fourth-order valence-corrected chi connectivity index (χ4v) is 4.44. The smallest absolute Gasteiger partial charge is 0.295 e. The molecule has 1 saturated heterocycles. The predicted octanol–water partition coefficient (Wildman–Crippen LogP) is 6.35. The summed E-state index contributed by atoms with van der Waals surface area (Å²) >= 11 is 12.4. The van der Waals surface area contributed by atoms with Crippen LogP contribution in [0.3, 0.4) is 0 Å². The Morgan fingerprint density at radius 2 is 1.89 bits per heavy atom. The van der Waals surface area contributed by atoms with Gasteiger partial charge in [0.25, 0.3) is 11.7 Å². The van der Waals surface area contributed by atoms with E-state index < -0.39 is 17.7 Å². The van der Waals surface area contributed by atoms with Crippen LogP contribution < -0.4 is 4.74 Å². The Kier molecular flexibility index (Phi) is 7.67. The highest BCUT2D eigenvalue weighted by Gasteiger charge is 2.46. The number of nitrogens with zero attached hydrogens (tertiary/aromatic N) is 2. The van der Waals surface area contributed by atoms with Gasteiger partial charge in [-0.15, -0.1) is 0 Å². The van der Waals surface area contributed by atoms with Gasteiger partial charge < -0.3 is 14.7 Å². The van der Waals surface area contributed by atoms with E-state index in [1.165, 1.54) is 4.90 Å². The maximum atomic E-state index is 13.3. The van der Waals surface area contributed by atoms with Gasteiger partial charge in [0.05, 0.1) is 28.3 Å². The minimum atomic E-state index is -0.864. The first-order valence-corrected chi connectivity index (χ1v) is 12.3. The number of amides is 1. The average molecular weight is 525 g/mol. The van der Waals surface area contributed by atoms with Crippen LogP contribution in [0.5, 0.6) is 5.75 Å². The van der Waals surface area contributed by atoms with E-state index in [0.29, 0.717) is 34.4 Å². The first kappa shape index (κ1) is 25.7. The van der Waals surface area contributed by atoms with Crippen molar-refractivity contribution in [3.63, 3.8) is 0 Å². The van der Waals surface area contributed by atoms with Crippen molar-refractivity contribution < 1.29 is 19.4 Å². The lowest BCUT2D eigenvalue weighted by Gasteiger charge is -2.25. The molecule has 0 aliphatic carbocycles. The van der Waals surface area contributed by atoms with Crippen LogP contribution in [-0.2, 0) is 16.1 Å². The van der Waals surface area contributed by atoms with E-state index >= 15 is 0 Å². The fraction of sp³-hybridized carbons (Fsp3) is 0.250. The van der Waals surface area contributed by atoms with E-state index in [1.54, 1.807) is 54.9 Å². The number of aromatic nitrogens is 1. The number of aliphatic hydroxyl groups excluding tert-OH is 1. The molecule has 1 aliphatic heterocycles. The first-order chi connectivity index (χ1) is 17.2. The number of likely N-dealkylation sites (tertiary alicyclic amines) is 1. The number of carbonyl (C=O) groups is 2. The van der Waals surface area contributed by atoms with Crippen molar-refractivity contribution in [2.75, 3.05) is 6.61 Å². The minimum Gasteiger partial charge on any atom is -0.507 e. The molecule has 1 aliphatic rings. The Morgan fingerprint density at radius 1 is 1.11 bits per heavy atom. The molecule has 0 radical (unpaired) electrons. The van der Waals surface area contributed by atoms with Gasteiger partial charge in [0, 0.05) is 24.5 Å². The SMILES string of the molecule is Cc1cc(C(O)=C2C(=O)C(=O)N(Cc3cccnc3)[C@@H]2c2ccc(Cl)c(Cl)c2)ccc1OCC(C)C. The molecule has 0 spiro atoms. The molecule has 0 unspecified atom stereocenters. The summed E-state index contributed by atoms with van der Waals surface area (Å²) in [6.07, 6.45) is 3.26. The molecule has 3 aromatic rings. The van der Waals surface area contributed by atoms with Crippen molar-refractivity contribution in [1.29, 1.82) is 0 Å². The number of Topliss-reactive ketones (excluding diaryl/α,β-unsaturated/α-hetero) is 1. The first-order valence-electron chi connectivity index (χ1n) is 11.5. The summed E-state index contributed by atoms with van der Waals surface area (Å²) in [6, 6.07) is 12.8. The molecule has 6 nitrogen and oxygen atoms in total. The van der Waals surface area contributed by atoms with Crippen LogP contribution in [0.15, 0.2) is 66.5 Å². The molecule has 2 heterocycles. The number of aryl methyl sites for hydroxylation is 1. The summed E-state index contributed by atoms with van der Waals surface area (Å²) in [5, 5.41) is 12.0. The fourth-order valence-electron chi connectivity index (χ4n) is 4.13. The van der Waals surface area contributed by atoms with Crippen LogP contribution in [0.25, 0.3) is 5.76 Å². The van der Waals surface area contributed by atoms with E-state index in [0.717, 1.165) is 11.1 Å². The van der Waals surface area contributed by atoms with Gasteiger partial charge in [0.2, 0.25) is 0 Å². The standard InChI is InChI=1S/C28H26Cl2N2O4/c1-16(2)15-36-23-9-7-20(11-17(23)3)26(33)24-25(19-6-8-21(29)22(30)12-19)32(28(35)27(24)34)14-18-5-4-10-31-13-18/h4-13,16,25,33H,14-15H2,1-3H3/t25-/m1/s1. The lowest BCUT2D eigenvalue weighted by molar-refractivity contribution is -0.140. The molecule has 0 saturated carbocycles. The highest BCUT2D eigenvalue weighted by atomic mass is 35.5. The number of pyridine rings is 1. The number of ether oxygens (including phenoxy) is 1. The number of hydrogen-bond donors (Lipinski definition) is 1. The molecule has 1 fully saturated rings. The van der Waals surface area contributed by atoms with Crippen molar-refractivity contribution in [3.05, 3.63) is 98.8 Å². The number of halogens is 2. The van der Waals surface area contributed by atoms with Gasteiger partial charge in [-0.1, -0.05) is 49.2 Å². The Bertz CT molecular complexity index is 1340. The summed E-state index contributed by atoms with van der Waals surface area (Å²) in [4.78, 5) is 32.0. The molecule has 0 bridgehead atoms. The molecule has 1 amide bonds. The number of rotatable bonds is 7. The third-order valence-corrected chi connectivity index (χ3v) is 6.63. The molecule has 1 atom stereocenters. The topological polar surface area (TPSA) is 79.7 Å². The molecule has 4 rings (SSSR count). The van der Waals surface area contributed by atoms with Crippen molar-refractivity contribution >= 4 is 40.7 Å².